The Bertz CT molecular complexity index is 1070. The van der Waals surface area contributed by atoms with E-state index in [1.807, 2.05) is 0 Å². The highest BCUT2D eigenvalue weighted by atomic mass is 35.5. The van der Waals surface area contributed by atoms with E-state index < -0.39 is 21.8 Å². The van der Waals surface area contributed by atoms with Crippen LogP contribution in [-0.4, -0.2) is 56.1 Å². The van der Waals surface area contributed by atoms with Gasteiger partial charge in [-0.25, -0.2) is 8.42 Å². The normalized spacial score (nSPS) is 14.5. The number of amides is 2. The number of likely N-dealkylation sites (N-methyl/N-ethyl adjacent to an activating group) is 1. The van der Waals surface area contributed by atoms with E-state index in [0.717, 1.165) is 12.8 Å². The molecule has 0 unspecified atom stereocenters. The van der Waals surface area contributed by atoms with Crippen LogP contribution in [-0.2, 0) is 14.8 Å². The molecule has 0 bridgehead atoms. The Labute approximate surface area is 185 Å². The Hall–Kier alpha value is -2.13. The van der Waals surface area contributed by atoms with E-state index in [1.165, 1.54) is 46.6 Å². The molecule has 2 aromatic carbocycles. The summed E-state index contributed by atoms with van der Waals surface area (Å²) >= 11 is 11.8. The predicted octanol–water partition coefficient (Wildman–Crippen LogP) is 3.49. The molecule has 0 aromatic heterocycles. The van der Waals surface area contributed by atoms with Gasteiger partial charge < -0.3 is 10.2 Å². The van der Waals surface area contributed by atoms with Gasteiger partial charge in [0.25, 0.3) is 5.91 Å². The average Bonchev–Trinajstić information content (AvgIpc) is 3.26. The third-order valence-corrected chi connectivity index (χ3v) is 7.35. The third-order valence-electron chi connectivity index (χ3n) is 4.71. The number of carbonyl (C=O) groups excluding carboxylic acids is 2. The first kappa shape index (κ1) is 22.6. The highest BCUT2D eigenvalue weighted by Crippen LogP contribution is 2.25. The number of sulfonamides is 1. The van der Waals surface area contributed by atoms with E-state index in [-0.39, 0.29) is 17.0 Å². The van der Waals surface area contributed by atoms with Gasteiger partial charge in [0.15, 0.2) is 0 Å². The Kier molecular flexibility index (Phi) is 7.02. The largest absolute Gasteiger partial charge is 0.332 e. The van der Waals surface area contributed by atoms with Crippen LogP contribution in [0.2, 0.25) is 10.0 Å². The van der Waals surface area contributed by atoms with Gasteiger partial charge in [-0.2, -0.15) is 4.31 Å². The van der Waals surface area contributed by atoms with E-state index in [2.05, 4.69) is 5.32 Å². The summed E-state index contributed by atoms with van der Waals surface area (Å²) < 4.78 is 26.9. The molecule has 0 radical (unpaired) electrons. The molecule has 1 fully saturated rings. The zero-order chi connectivity index (χ0) is 21.9. The first-order chi connectivity index (χ1) is 14.2. The van der Waals surface area contributed by atoms with Crippen molar-refractivity contribution in [2.45, 2.75) is 17.7 Å². The maximum Gasteiger partial charge on any atom is 0.254 e. The molecule has 30 heavy (non-hydrogen) atoms. The van der Waals surface area contributed by atoms with Crippen molar-refractivity contribution in [3.63, 3.8) is 0 Å². The minimum atomic E-state index is -3.63. The van der Waals surface area contributed by atoms with Crippen LogP contribution in [0.25, 0.3) is 0 Å². The lowest BCUT2D eigenvalue weighted by atomic mass is 10.2. The number of hydrogen-bond acceptors (Lipinski definition) is 4. The molecule has 1 aliphatic rings. The fourth-order valence-corrected chi connectivity index (χ4v) is 5.01. The second-order valence-electron chi connectivity index (χ2n) is 6.98. The molecule has 2 amide bonds. The highest BCUT2D eigenvalue weighted by molar-refractivity contribution is 7.89. The summed E-state index contributed by atoms with van der Waals surface area (Å²) in [5, 5.41) is 3.31. The molecule has 160 valence electrons. The molecule has 0 aliphatic carbocycles. The third kappa shape index (κ3) is 5.13. The SMILES string of the molecule is CN(CC(=O)Nc1ccc(Cl)c(Cl)c1)C(=O)c1cccc(S(=O)(=O)N2CCCC2)c1. The first-order valence-corrected chi connectivity index (χ1v) is 11.5. The van der Waals surface area contributed by atoms with Crippen molar-refractivity contribution < 1.29 is 18.0 Å². The topological polar surface area (TPSA) is 86.8 Å². The lowest BCUT2D eigenvalue weighted by Crippen LogP contribution is -2.35. The van der Waals surface area contributed by atoms with Gasteiger partial charge in [0.2, 0.25) is 15.9 Å². The fourth-order valence-electron chi connectivity index (χ4n) is 3.15. The first-order valence-electron chi connectivity index (χ1n) is 9.29. The maximum absolute atomic E-state index is 12.7. The summed E-state index contributed by atoms with van der Waals surface area (Å²) in [6.07, 6.45) is 1.66. The van der Waals surface area contributed by atoms with Gasteiger partial charge in [0, 0.05) is 31.4 Å². The number of hydrogen-bond donors (Lipinski definition) is 1. The summed E-state index contributed by atoms with van der Waals surface area (Å²) in [5.74, 6) is -0.886. The van der Waals surface area contributed by atoms with Gasteiger partial charge in [-0.15, -0.1) is 0 Å². The van der Waals surface area contributed by atoms with E-state index in [0.29, 0.717) is 28.8 Å². The molecule has 0 saturated carbocycles. The summed E-state index contributed by atoms with van der Waals surface area (Å²) in [6, 6.07) is 10.5. The molecule has 0 spiro atoms. The zero-order valence-corrected chi connectivity index (χ0v) is 18.6. The molecule has 7 nitrogen and oxygen atoms in total. The van der Waals surface area contributed by atoms with Crippen molar-refractivity contribution >= 4 is 50.7 Å². The van der Waals surface area contributed by atoms with E-state index in [4.69, 9.17) is 23.2 Å². The molecular weight excluding hydrogens is 449 g/mol. The minimum Gasteiger partial charge on any atom is -0.332 e. The van der Waals surface area contributed by atoms with Gasteiger partial charge in [0.05, 0.1) is 21.5 Å². The monoisotopic (exact) mass is 469 g/mol. The molecule has 2 aromatic rings. The van der Waals surface area contributed by atoms with Crippen molar-refractivity contribution in [3.8, 4) is 0 Å². The van der Waals surface area contributed by atoms with Gasteiger partial charge in [-0.3, -0.25) is 9.59 Å². The quantitative estimate of drug-likeness (QED) is 0.701. The smallest absolute Gasteiger partial charge is 0.254 e. The predicted molar refractivity (Wildman–Crippen MR) is 116 cm³/mol. The van der Waals surface area contributed by atoms with Crippen LogP contribution in [0.3, 0.4) is 0 Å². The van der Waals surface area contributed by atoms with Crippen LogP contribution in [0, 0.1) is 0 Å². The van der Waals surface area contributed by atoms with E-state index in [1.54, 1.807) is 12.1 Å². The highest BCUT2D eigenvalue weighted by Gasteiger charge is 2.28. The van der Waals surface area contributed by atoms with Crippen molar-refractivity contribution in [1.82, 2.24) is 9.21 Å². The molecule has 10 heteroatoms. The van der Waals surface area contributed by atoms with Crippen molar-refractivity contribution in [3.05, 3.63) is 58.1 Å². The number of benzene rings is 2. The van der Waals surface area contributed by atoms with Gasteiger partial charge >= 0.3 is 0 Å². The Morgan fingerprint density at radius 2 is 1.77 bits per heavy atom. The number of halogens is 2. The van der Waals surface area contributed by atoms with Crippen molar-refractivity contribution in [2.24, 2.45) is 0 Å². The maximum atomic E-state index is 12.7. The molecular formula is C20H21Cl2N3O4S. The van der Waals surface area contributed by atoms with Crippen molar-refractivity contribution in [2.75, 3.05) is 32.0 Å². The van der Waals surface area contributed by atoms with Crippen LogP contribution in [0.4, 0.5) is 5.69 Å². The van der Waals surface area contributed by atoms with Crippen LogP contribution < -0.4 is 5.32 Å². The lowest BCUT2D eigenvalue weighted by molar-refractivity contribution is -0.116. The molecule has 1 heterocycles. The number of nitrogens with zero attached hydrogens (tertiary/aromatic N) is 2. The zero-order valence-electron chi connectivity index (χ0n) is 16.3. The van der Waals surface area contributed by atoms with Gasteiger partial charge in [0.1, 0.15) is 0 Å². The summed E-state index contributed by atoms with van der Waals surface area (Å²) in [7, 11) is -2.16. The number of carbonyl (C=O) groups is 2. The summed E-state index contributed by atoms with van der Waals surface area (Å²) in [6.45, 7) is 0.743. The molecule has 1 saturated heterocycles. The fraction of sp³-hybridized carbons (Fsp3) is 0.300. The second kappa shape index (κ2) is 9.34. The average molecular weight is 470 g/mol. The molecule has 0 atom stereocenters. The van der Waals surface area contributed by atoms with E-state index in [9.17, 15) is 18.0 Å². The van der Waals surface area contributed by atoms with Crippen LogP contribution >= 0.6 is 23.2 Å². The number of nitrogens with one attached hydrogen (secondary N) is 1. The van der Waals surface area contributed by atoms with Crippen molar-refractivity contribution in [1.29, 1.82) is 0 Å². The summed E-state index contributed by atoms with van der Waals surface area (Å²) in [5.41, 5.74) is 0.647. The van der Waals surface area contributed by atoms with Gasteiger partial charge in [-0.1, -0.05) is 29.3 Å². The standard InChI is InChI=1S/C20H21Cl2N3O4S/c1-24(13-19(26)23-15-7-8-17(21)18(22)12-15)20(27)14-5-4-6-16(11-14)30(28,29)25-9-2-3-10-25/h4-8,11-12H,2-3,9-10,13H2,1H3,(H,23,26). The van der Waals surface area contributed by atoms with E-state index >= 15 is 0 Å². The summed E-state index contributed by atoms with van der Waals surface area (Å²) in [4.78, 5) is 26.3. The van der Waals surface area contributed by atoms with Crippen LogP contribution in [0.5, 0.6) is 0 Å². The number of anilines is 1. The Morgan fingerprint density at radius 1 is 1.07 bits per heavy atom. The second-order valence-corrected chi connectivity index (χ2v) is 9.73. The molecule has 1 aliphatic heterocycles. The van der Waals surface area contributed by atoms with Crippen LogP contribution in [0.1, 0.15) is 23.2 Å². The molecule has 1 N–H and O–H groups in total. The Balaban J connectivity index is 1.68. The molecule has 3 rings (SSSR count). The number of rotatable bonds is 6. The minimum absolute atomic E-state index is 0.0731. The lowest BCUT2D eigenvalue weighted by Gasteiger charge is -2.19. The van der Waals surface area contributed by atoms with Crippen LogP contribution in [0.15, 0.2) is 47.4 Å². The Morgan fingerprint density at radius 3 is 2.43 bits per heavy atom. The van der Waals surface area contributed by atoms with Gasteiger partial charge in [-0.05, 0) is 49.2 Å².